The second kappa shape index (κ2) is 6.20. The van der Waals surface area contributed by atoms with Crippen molar-refractivity contribution in [1.82, 2.24) is 0 Å². The maximum absolute atomic E-state index is 11.9. The molecule has 6 heteroatoms. The molecule has 1 unspecified atom stereocenters. The molecule has 1 aromatic carbocycles. The molecule has 0 aliphatic heterocycles. The highest BCUT2D eigenvalue weighted by Crippen LogP contribution is 2.51. The number of methoxy groups -OCH3 is 1. The average molecular weight is 320 g/mol. The van der Waals surface area contributed by atoms with E-state index in [1.807, 2.05) is 18.2 Å². The summed E-state index contributed by atoms with van der Waals surface area (Å²) in [6.45, 7) is 5.41. The zero-order valence-corrected chi connectivity index (χ0v) is 14.0. The van der Waals surface area contributed by atoms with Crippen molar-refractivity contribution in [2.75, 3.05) is 12.4 Å². The summed E-state index contributed by atoms with van der Waals surface area (Å²) in [4.78, 5) is 23.6. The molecule has 1 aromatic rings. The first kappa shape index (κ1) is 17.3. The number of benzene rings is 1. The fourth-order valence-corrected chi connectivity index (χ4v) is 2.59. The topological polar surface area (TPSA) is 90.6 Å². The van der Waals surface area contributed by atoms with Gasteiger partial charge in [0.25, 0.3) is 0 Å². The maximum Gasteiger partial charge on any atom is 0.412 e. The highest BCUT2D eigenvalue weighted by Gasteiger charge is 2.52. The number of rotatable bonds is 4. The fraction of sp³-hybridized carbons (Fsp3) is 0.529. The van der Waals surface area contributed by atoms with Crippen molar-refractivity contribution in [2.24, 2.45) is 5.73 Å². The van der Waals surface area contributed by atoms with E-state index in [1.54, 1.807) is 26.8 Å². The predicted octanol–water partition coefficient (Wildman–Crippen LogP) is 2.57. The molecule has 0 bridgehead atoms. The van der Waals surface area contributed by atoms with Gasteiger partial charge in [0.05, 0.1) is 7.11 Å². The van der Waals surface area contributed by atoms with E-state index in [1.165, 1.54) is 7.11 Å². The Morgan fingerprint density at radius 3 is 2.48 bits per heavy atom. The van der Waals surface area contributed by atoms with Gasteiger partial charge < -0.3 is 15.2 Å². The molecule has 1 aliphatic rings. The van der Waals surface area contributed by atoms with Gasteiger partial charge in [0.1, 0.15) is 11.6 Å². The Morgan fingerprint density at radius 1 is 1.30 bits per heavy atom. The van der Waals surface area contributed by atoms with E-state index in [9.17, 15) is 9.59 Å². The predicted molar refractivity (Wildman–Crippen MR) is 87.2 cm³/mol. The second-order valence-electron chi connectivity index (χ2n) is 6.86. The third kappa shape index (κ3) is 4.01. The van der Waals surface area contributed by atoms with Crippen LogP contribution in [0, 0.1) is 0 Å². The lowest BCUT2D eigenvalue weighted by molar-refractivity contribution is -0.143. The fourth-order valence-electron chi connectivity index (χ4n) is 2.59. The number of carbonyl (C=O) groups excluding carboxylic acids is 2. The number of hydrogen-bond acceptors (Lipinski definition) is 5. The molecular weight excluding hydrogens is 296 g/mol. The molecule has 1 saturated carbocycles. The molecule has 0 aromatic heterocycles. The van der Waals surface area contributed by atoms with Crippen LogP contribution in [0.15, 0.2) is 24.3 Å². The van der Waals surface area contributed by atoms with E-state index in [-0.39, 0.29) is 0 Å². The van der Waals surface area contributed by atoms with Crippen molar-refractivity contribution in [3.63, 3.8) is 0 Å². The lowest BCUT2D eigenvalue weighted by atomic mass is 9.88. The Bertz CT molecular complexity index is 603. The Kier molecular flexibility index (Phi) is 4.66. The first-order valence-electron chi connectivity index (χ1n) is 7.62. The van der Waals surface area contributed by atoms with Crippen molar-refractivity contribution in [1.29, 1.82) is 0 Å². The first-order valence-corrected chi connectivity index (χ1v) is 7.62. The van der Waals surface area contributed by atoms with Gasteiger partial charge in [-0.25, -0.2) is 4.79 Å². The Balaban J connectivity index is 2.14. The number of carbonyl (C=O) groups is 2. The molecule has 1 fully saturated rings. The number of ether oxygens (including phenoxy) is 2. The van der Waals surface area contributed by atoms with Crippen molar-refractivity contribution in [3.05, 3.63) is 29.8 Å². The van der Waals surface area contributed by atoms with Crippen molar-refractivity contribution in [3.8, 4) is 0 Å². The van der Waals surface area contributed by atoms with E-state index in [2.05, 4.69) is 5.32 Å². The summed E-state index contributed by atoms with van der Waals surface area (Å²) in [5.41, 5.74) is 6.61. The standard InChI is InChI=1S/C17H24N2O4/c1-16(2,3)23-15(21)19-12-7-5-6-11(10-12)17(8-9-17)13(18)14(20)22-4/h5-7,10,13H,8-9,18H2,1-4H3,(H,19,21). The number of esters is 1. The molecular formula is C17H24N2O4. The van der Waals surface area contributed by atoms with Crippen LogP contribution in [0.5, 0.6) is 0 Å². The molecule has 0 saturated heterocycles. The molecule has 0 spiro atoms. The molecule has 1 aliphatic carbocycles. The van der Waals surface area contributed by atoms with Gasteiger partial charge in [-0.2, -0.15) is 0 Å². The smallest absolute Gasteiger partial charge is 0.412 e. The number of hydrogen-bond donors (Lipinski definition) is 2. The van der Waals surface area contributed by atoms with E-state index in [0.29, 0.717) is 5.69 Å². The monoisotopic (exact) mass is 320 g/mol. The molecule has 6 nitrogen and oxygen atoms in total. The minimum atomic E-state index is -0.704. The number of nitrogens with two attached hydrogens (primary N) is 1. The first-order chi connectivity index (χ1) is 10.7. The third-order valence-corrected chi connectivity index (χ3v) is 3.92. The van der Waals surface area contributed by atoms with Crippen LogP contribution >= 0.6 is 0 Å². The van der Waals surface area contributed by atoms with Gasteiger partial charge in [0.15, 0.2) is 0 Å². The van der Waals surface area contributed by atoms with E-state index in [0.717, 1.165) is 18.4 Å². The molecule has 2 rings (SSSR count). The van der Waals surface area contributed by atoms with Crippen LogP contribution in [0.1, 0.15) is 39.2 Å². The van der Waals surface area contributed by atoms with Crippen LogP contribution < -0.4 is 11.1 Å². The zero-order valence-electron chi connectivity index (χ0n) is 14.0. The molecule has 1 atom stereocenters. The summed E-state index contributed by atoms with van der Waals surface area (Å²) in [6, 6.07) is 6.64. The van der Waals surface area contributed by atoms with Crippen LogP contribution in [0.4, 0.5) is 10.5 Å². The quantitative estimate of drug-likeness (QED) is 0.832. The average Bonchev–Trinajstić information content (AvgIpc) is 3.25. The van der Waals surface area contributed by atoms with Crippen molar-refractivity contribution < 1.29 is 19.1 Å². The number of amides is 1. The second-order valence-corrected chi connectivity index (χ2v) is 6.86. The largest absolute Gasteiger partial charge is 0.468 e. The molecule has 3 N–H and O–H groups in total. The van der Waals surface area contributed by atoms with Crippen molar-refractivity contribution >= 4 is 17.7 Å². The van der Waals surface area contributed by atoms with E-state index < -0.39 is 29.1 Å². The number of anilines is 1. The van der Waals surface area contributed by atoms with Crippen LogP contribution in [0.3, 0.4) is 0 Å². The Morgan fingerprint density at radius 2 is 1.96 bits per heavy atom. The molecule has 1 amide bonds. The van der Waals surface area contributed by atoms with Gasteiger partial charge in [-0.15, -0.1) is 0 Å². The van der Waals surface area contributed by atoms with Crippen LogP contribution in [-0.2, 0) is 19.7 Å². The normalized spacial score (nSPS) is 17.1. The SMILES string of the molecule is COC(=O)C(N)C1(c2cccc(NC(=O)OC(C)(C)C)c2)CC1. The van der Waals surface area contributed by atoms with E-state index in [4.69, 9.17) is 15.2 Å². The van der Waals surface area contributed by atoms with Crippen molar-refractivity contribution in [2.45, 2.75) is 50.7 Å². The van der Waals surface area contributed by atoms with E-state index >= 15 is 0 Å². The van der Waals surface area contributed by atoms with Gasteiger partial charge in [-0.05, 0) is 51.3 Å². The van der Waals surface area contributed by atoms with Gasteiger partial charge in [-0.1, -0.05) is 12.1 Å². The Labute approximate surface area is 136 Å². The number of nitrogens with one attached hydrogen (secondary N) is 1. The Hall–Kier alpha value is -2.08. The van der Waals surface area contributed by atoms with Gasteiger partial charge in [0.2, 0.25) is 0 Å². The summed E-state index contributed by atoms with van der Waals surface area (Å²) in [5.74, 6) is -0.423. The summed E-state index contributed by atoms with van der Waals surface area (Å²) in [6.07, 6.45) is 1.12. The lowest BCUT2D eigenvalue weighted by Crippen LogP contribution is -2.42. The zero-order chi connectivity index (χ0) is 17.3. The lowest BCUT2D eigenvalue weighted by Gasteiger charge is -2.23. The van der Waals surface area contributed by atoms with Crippen LogP contribution in [0.25, 0.3) is 0 Å². The molecule has 23 heavy (non-hydrogen) atoms. The summed E-state index contributed by atoms with van der Waals surface area (Å²) in [5, 5.41) is 2.70. The highest BCUT2D eigenvalue weighted by molar-refractivity contribution is 5.85. The minimum Gasteiger partial charge on any atom is -0.468 e. The molecule has 0 heterocycles. The summed E-state index contributed by atoms with van der Waals surface area (Å²) < 4.78 is 9.99. The van der Waals surface area contributed by atoms with Gasteiger partial charge >= 0.3 is 12.1 Å². The third-order valence-electron chi connectivity index (χ3n) is 3.92. The summed E-state index contributed by atoms with van der Waals surface area (Å²) >= 11 is 0. The molecule has 126 valence electrons. The maximum atomic E-state index is 11.9. The molecule has 0 radical (unpaired) electrons. The minimum absolute atomic E-state index is 0.404. The highest BCUT2D eigenvalue weighted by atomic mass is 16.6. The van der Waals surface area contributed by atoms with Crippen LogP contribution in [0.2, 0.25) is 0 Å². The van der Waals surface area contributed by atoms with Gasteiger partial charge in [0, 0.05) is 11.1 Å². The summed E-state index contributed by atoms with van der Waals surface area (Å²) in [7, 11) is 1.33. The van der Waals surface area contributed by atoms with Gasteiger partial charge in [-0.3, -0.25) is 10.1 Å². The van der Waals surface area contributed by atoms with Crippen LogP contribution in [-0.4, -0.2) is 30.8 Å².